The number of halogens is 1. The van der Waals surface area contributed by atoms with Gasteiger partial charge in [-0.05, 0) is 39.2 Å². The van der Waals surface area contributed by atoms with Crippen molar-refractivity contribution in [2.75, 3.05) is 26.2 Å². The van der Waals surface area contributed by atoms with E-state index in [0.717, 1.165) is 25.3 Å². The van der Waals surface area contributed by atoms with Crippen molar-refractivity contribution in [3.63, 3.8) is 0 Å². The van der Waals surface area contributed by atoms with Gasteiger partial charge in [0.05, 0.1) is 13.2 Å². The summed E-state index contributed by atoms with van der Waals surface area (Å²) in [7, 11) is 0. The lowest BCUT2D eigenvalue weighted by Gasteiger charge is -2.32. The van der Waals surface area contributed by atoms with Gasteiger partial charge in [-0.25, -0.2) is 9.79 Å². The average Bonchev–Trinajstić information content (AvgIpc) is 2.62. The molecule has 0 atom stereocenters. The van der Waals surface area contributed by atoms with E-state index in [0.29, 0.717) is 32.3 Å². The minimum Gasteiger partial charge on any atom is -0.450 e. The zero-order valence-electron chi connectivity index (χ0n) is 16.0. The summed E-state index contributed by atoms with van der Waals surface area (Å²) in [4.78, 5) is 18.2. The van der Waals surface area contributed by atoms with E-state index in [4.69, 9.17) is 4.74 Å². The number of nitrogens with one attached hydrogen (secondary N) is 2. The lowest BCUT2D eigenvalue weighted by atomic mass is 10.1. The maximum atomic E-state index is 11.8. The molecule has 0 radical (unpaired) electrons. The Balaban J connectivity index is 0.00000338. The summed E-state index contributed by atoms with van der Waals surface area (Å²) < 4.78 is 5.06. The first-order valence-corrected chi connectivity index (χ1v) is 9.14. The van der Waals surface area contributed by atoms with Gasteiger partial charge in [-0.15, -0.1) is 24.0 Å². The van der Waals surface area contributed by atoms with Gasteiger partial charge >= 0.3 is 6.09 Å². The number of rotatable bonds is 5. The van der Waals surface area contributed by atoms with E-state index in [1.54, 1.807) is 4.90 Å². The van der Waals surface area contributed by atoms with E-state index in [2.05, 4.69) is 53.7 Å². The van der Waals surface area contributed by atoms with Crippen molar-refractivity contribution in [2.24, 2.45) is 4.99 Å². The van der Waals surface area contributed by atoms with Gasteiger partial charge in [0.1, 0.15) is 0 Å². The second kappa shape index (κ2) is 12.0. The molecular weight excluding hydrogens is 443 g/mol. The van der Waals surface area contributed by atoms with E-state index in [1.165, 1.54) is 11.1 Å². The van der Waals surface area contributed by atoms with Crippen LogP contribution in [0.15, 0.2) is 29.3 Å². The van der Waals surface area contributed by atoms with Gasteiger partial charge in [-0.3, -0.25) is 0 Å². The molecule has 1 aromatic carbocycles. The highest BCUT2D eigenvalue weighted by Crippen LogP contribution is 2.11. The quantitative estimate of drug-likeness (QED) is 0.391. The first-order valence-electron chi connectivity index (χ1n) is 9.14. The Morgan fingerprint density at radius 2 is 1.88 bits per heavy atom. The predicted molar refractivity (Wildman–Crippen MR) is 116 cm³/mol. The number of likely N-dealkylation sites (tertiary alicyclic amines) is 1. The number of nitrogens with zero attached hydrogens (tertiary/aromatic N) is 2. The van der Waals surface area contributed by atoms with E-state index in [1.807, 2.05) is 6.92 Å². The maximum absolute atomic E-state index is 11.8. The summed E-state index contributed by atoms with van der Waals surface area (Å²) in [6.45, 7) is 9.31. The molecule has 1 aromatic rings. The van der Waals surface area contributed by atoms with Crippen LogP contribution in [0.4, 0.5) is 4.79 Å². The third-order valence-corrected chi connectivity index (χ3v) is 4.25. The molecule has 1 aliphatic heterocycles. The Kier molecular flexibility index (Phi) is 10.4. The third-order valence-electron chi connectivity index (χ3n) is 4.25. The molecule has 0 aromatic heterocycles. The number of amides is 1. The summed E-state index contributed by atoms with van der Waals surface area (Å²) in [6.07, 6.45) is 1.59. The van der Waals surface area contributed by atoms with Crippen LogP contribution in [0.25, 0.3) is 0 Å². The molecule has 1 fully saturated rings. The van der Waals surface area contributed by atoms with Crippen LogP contribution in [-0.2, 0) is 11.3 Å². The molecule has 1 aliphatic rings. The van der Waals surface area contributed by atoms with Crippen molar-refractivity contribution >= 4 is 36.0 Å². The minimum atomic E-state index is -0.208. The van der Waals surface area contributed by atoms with Gasteiger partial charge in [0.2, 0.25) is 0 Å². The van der Waals surface area contributed by atoms with Gasteiger partial charge < -0.3 is 20.3 Å². The zero-order chi connectivity index (χ0) is 18.1. The Labute approximate surface area is 173 Å². The number of piperidine rings is 1. The Morgan fingerprint density at radius 1 is 1.23 bits per heavy atom. The lowest BCUT2D eigenvalue weighted by Crippen LogP contribution is -2.49. The molecule has 1 heterocycles. The second-order valence-electron chi connectivity index (χ2n) is 6.29. The Hall–Kier alpha value is -1.51. The average molecular weight is 474 g/mol. The van der Waals surface area contributed by atoms with Crippen molar-refractivity contribution in [1.82, 2.24) is 15.5 Å². The smallest absolute Gasteiger partial charge is 0.409 e. The van der Waals surface area contributed by atoms with Crippen molar-refractivity contribution in [1.29, 1.82) is 0 Å². The molecule has 0 spiro atoms. The second-order valence-corrected chi connectivity index (χ2v) is 6.29. The molecule has 26 heavy (non-hydrogen) atoms. The number of carbonyl (C=O) groups is 1. The highest BCUT2D eigenvalue weighted by atomic mass is 127. The lowest BCUT2D eigenvalue weighted by molar-refractivity contribution is 0.0963. The summed E-state index contributed by atoms with van der Waals surface area (Å²) in [5.41, 5.74) is 2.45. The van der Waals surface area contributed by atoms with E-state index >= 15 is 0 Å². The number of hydrogen-bond acceptors (Lipinski definition) is 3. The highest BCUT2D eigenvalue weighted by Gasteiger charge is 2.23. The topological polar surface area (TPSA) is 66.0 Å². The molecule has 7 heteroatoms. The first-order chi connectivity index (χ1) is 12.1. The monoisotopic (exact) mass is 474 g/mol. The van der Waals surface area contributed by atoms with Crippen LogP contribution in [0.2, 0.25) is 0 Å². The van der Waals surface area contributed by atoms with Gasteiger partial charge in [0.25, 0.3) is 0 Å². The summed E-state index contributed by atoms with van der Waals surface area (Å²) in [5.74, 6) is 0.831. The fourth-order valence-electron chi connectivity index (χ4n) is 2.80. The first kappa shape index (κ1) is 22.5. The normalized spacial score (nSPS) is 15.2. The number of carbonyl (C=O) groups excluding carboxylic acids is 1. The highest BCUT2D eigenvalue weighted by molar-refractivity contribution is 14.0. The number of ether oxygens (including phenoxy) is 1. The molecule has 2 N–H and O–H groups in total. The molecule has 2 rings (SSSR count). The van der Waals surface area contributed by atoms with Crippen LogP contribution < -0.4 is 10.6 Å². The standard InChI is InChI=1S/C19H30N4O2.HI/c1-4-20-18(21-14-16-8-6-15(3)7-9-16)22-17-10-12-23(13-11-17)19(24)25-5-2;/h6-9,17H,4-5,10-14H2,1-3H3,(H2,20,21,22);1H. The third kappa shape index (κ3) is 7.39. The zero-order valence-corrected chi connectivity index (χ0v) is 18.3. The van der Waals surface area contributed by atoms with Crippen LogP contribution in [0, 0.1) is 6.92 Å². The maximum Gasteiger partial charge on any atom is 0.409 e. The van der Waals surface area contributed by atoms with Crippen molar-refractivity contribution < 1.29 is 9.53 Å². The Morgan fingerprint density at radius 3 is 2.46 bits per heavy atom. The number of aliphatic imine (C=N–C) groups is 1. The van der Waals surface area contributed by atoms with Gasteiger partial charge in [-0.2, -0.15) is 0 Å². The fraction of sp³-hybridized carbons (Fsp3) is 0.579. The fourth-order valence-corrected chi connectivity index (χ4v) is 2.80. The van der Waals surface area contributed by atoms with Gasteiger partial charge in [0.15, 0.2) is 5.96 Å². The molecular formula is C19H31IN4O2. The molecule has 1 saturated heterocycles. The molecule has 146 valence electrons. The van der Waals surface area contributed by atoms with Crippen LogP contribution in [-0.4, -0.2) is 49.2 Å². The summed E-state index contributed by atoms with van der Waals surface area (Å²) in [5, 5.41) is 6.79. The van der Waals surface area contributed by atoms with Gasteiger partial charge in [-0.1, -0.05) is 29.8 Å². The van der Waals surface area contributed by atoms with Crippen molar-refractivity contribution in [2.45, 2.75) is 46.2 Å². The van der Waals surface area contributed by atoms with E-state index in [-0.39, 0.29) is 30.1 Å². The van der Waals surface area contributed by atoms with Crippen LogP contribution in [0.5, 0.6) is 0 Å². The van der Waals surface area contributed by atoms with E-state index in [9.17, 15) is 4.79 Å². The Bertz CT molecular complexity index is 569. The SMILES string of the molecule is CCNC(=NCc1ccc(C)cc1)NC1CCN(C(=O)OCC)CC1.I. The largest absolute Gasteiger partial charge is 0.450 e. The van der Waals surface area contributed by atoms with E-state index < -0.39 is 0 Å². The van der Waals surface area contributed by atoms with Crippen LogP contribution in [0.1, 0.15) is 37.8 Å². The number of aryl methyl sites for hydroxylation is 1. The molecule has 6 nitrogen and oxygen atoms in total. The predicted octanol–water partition coefficient (Wildman–Crippen LogP) is 3.29. The molecule has 0 saturated carbocycles. The number of benzene rings is 1. The summed E-state index contributed by atoms with van der Waals surface area (Å²) >= 11 is 0. The summed E-state index contributed by atoms with van der Waals surface area (Å²) in [6, 6.07) is 8.76. The molecule has 0 aliphatic carbocycles. The van der Waals surface area contributed by atoms with Gasteiger partial charge in [0, 0.05) is 25.7 Å². The minimum absolute atomic E-state index is 0. The van der Waals surface area contributed by atoms with Crippen LogP contribution in [0.3, 0.4) is 0 Å². The molecule has 0 bridgehead atoms. The van der Waals surface area contributed by atoms with Crippen LogP contribution >= 0.6 is 24.0 Å². The number of hydrogen-bond donors (Lipinski definition) is 2. The molecule has 0 unspecified atom stereocenters. The van der Waals surface area contributed by atoms with Crippen molar-refractivity contribution in [3.8, 4) is 0 Å². The molecule has 1 amide bonds. The number of guanidine groups is 1. The van der Waals surface area contributed by atoms with Crippen molar-refractivity contribution in [3.05, 3.63) is 35.4 Å².